The number of amides is 1. The summed E-state index contributed by atoms with van der Waals surface area (Å²) in [6.45, 7) is 3.46. The number of benzene rings is 1. The molecule has 1 aromatic carbocycles. The van der Waals surface area contributed by atoms with Gasteiger partial charge in [-0.3, -0.25) is 4.79 Å². The Morgan fingerprint density at radius 2 is 2.26 bits per heavy atom. The zero-order valence-corrected chi connectivity index (χ0v) is 11.4. The molecule has 4 nitrogen and oxygen atoms in total. The van der Waals surface area contributed by atoms with E-state index in [4.69, 9.17) is 0 Å². The van der Waals surface area contributed by atoms with Gasteiger partial charge in [0, 0.05) is 12.1 Å². The zero-order chi connectivity index (χ0) is 13.7. The molecule has 0 radical (unpaired) electrons. The monoisotopic (exact) mass is 262 g/mol. The summed E-state index contributed by atoms with van der Waals surface area (Å²) in [5, 5.41) is 15.8. The van der Waals surface area contributed by atoms with Gasteiger partial charge >= 0.3 is 0 Å². The highest BCUT2D eigenvalue weighted by molar-refractivity contribution is 5.81. The smallest absolute Gasteiger partial charge is 0.237 e. The summed E-state index contributed by atoms with van der Waals surface area (Å²) in [6.07, 6.45) is 3.19. The predicted molar refractivity (Wildman–Crippen MR) is 74.8 cm³/mol. The molecular formula is C15H22N2O2. The third-order valence-electron chi connectivity index (χ3n) is 3.85. The fraction of sp³-hybridized carbons (Fsp3) is 0.533. The van der Waals surface area contributed by atoms with Crippen LogP contribution in [0.3, 0.4) is 0 Å². The van der Waals surface area contributed by atoms with E-state index < -0.39 is 0 Å². The first kappa shape index (κ1) is 13.9. The van der Waals surface area contributed by atoms with E-state index in [-0.39, 0.29) is 17.7 Å². The van der Waals surface area contributed by atoms with Crippen molar-refractivity contribution in [1.82, 2.24) is 10.6 Å². The molecule has 1 aliphatic rings. The first-order valence-corrected chi connectivity index (χ1v) is 6.98. The van der Waals surface area contributed by atoms with E-state index in [1.165, 1.54) is 0 Å². The van der Waals surface area contributed by atoms with Crippen LogP contribution in [-0.4, -0.2) is 23.6 Å². The predicted octanol–water partition coefficient (Wildman–Crippen LogP) is 1.79. The van der Waals surface area contributed by atoms with Gasteiger partial charge in [0.2, 0.25) is 5.91 Å². The van der Waals surface area contributed by atoms with Crippen molar-refractivity contribution >= 4 is 5.91 Å². The molecule has 0 saturated carbocycles. The number of rotatable bonds is 4. The second-order valence-electron chi connectivity index (χ2n) is 5.15. The molecule has 19 heavy (non-hydrogen) atoms. The van der Waals surface area contributed by atoms with E-state index in [1.54, 1.807) is 12.1 Å². The fourth-order valence-corrected chi connectivity index (χ4v) is 2.53. The molecule has 104 valence electrons. The number of aromatic hydroxyl groups is 1. The normalized spacial score (nSPS) is 23.0. The van der Waals surface area contributed by atoms with Gasteiger partial charge in [-0.1, -0.05) is 31.5 Å². The quantitative estimate of drug-likeness (QED) is 0.775. The first-order chi connectivity index (χ1) is 9.20. The minimum absolute atomic E-state index is 0.0291. The van der Waals surface area contributed by atoms with Gasteiger partial charge in [-0.2, -0.15) is 0 Å². The number of carbonyl (C=O) groups excluding carboxylic acids is 1. The number of hydrogen-bond acceptors (Lipinski definition) is 3. The van der Waals surface area contributed by atoms with Crippen molar-refractivity contribution in [3.8, 4) is 5.75 Å². The van der Waals surface area contributed by atoms with Crippen LogP contribution in [0.2, 0.25) is 0 Å². The van der Waals surface area contributed by atoms with Gasteiger partial charge in [0.15, 0.2) is 0 Å². The number of para-hydroxylation sites is 1. The highest BCUT2D eigenvalue weighted by Gasteiger charge is 2.25. The van der Waals surface area contributed by atoms with Gasteiger partial charge in [0.05, 0.1) is 6.04 Å². The van der Waals surface area contributed by atoms with E-state index in [1.807, 2.05) is 12.1 Å². The number of phenols is 1. The lowest BCUT2D eigenvalue weighted by Gasteiger charge is -2.28. The SMILES string of the molecule is CCC1CCNC(C(=O)NCc2ccccc2O)C1. The van der Waals surface area contributed by atoms with Gasteiger partial charge in [-0.15, -0.1) is 0 Å². The molecule has 1 heterocycles. The van der Waals surface area contributed by atoms with Crippen molar-refractivity contribution in [2.75, 3.05) is 6.54 Å². The van der Waals surface area contributed by atoms with Crippen molar-refractivity contribution in [2.24, 2.45) is 5.92 Å². The Labute approximate surface area is 114 Å². The van der Waals surface area contributed by atoms with E-state index in [0.717, 1.165) is 31.4 Å². The zero-order valence-electron chi connectivity index (χ0n) is 11.4. The Kier molecular flexibility index (Phi) is 4.80. The molecule has 4 heteroatoms. The lowest BCUT2D eigenvalue weighted by Crippen LogP contribution is -2.48. The lowest BCUT2D eigenvalue weighted by atomic mass is 9.90. The van der Waals surface area contributed by atoms with Crippen LogP contribution in [0, 0.1) is 5.92 Å². The van der Waals surface area contributed by atoms with Gasteiger partial charge in [-0.25, -0.2) is 0 Å². The van der Waals surface area contributed by atoms with Crippen LogP contribution in [0.15, 0.2) is 24.3 Å². The van der Waals surface area contributed by atoms with Crippen molar-refractivity contribution in [3.63, 3.8) is 0 Å². The van der Waals surface area contributed by atoms with Crippen LogP contribution in [-0.2, 0) is 11.3 Å². The molecule has 0 spiro atoms. The molecule has 1 aliphatic heterocycles. The van der Waals surface area contributed by atoms with Gasteiger partial charge in [0.1, 0.15) is 5.75 Å². The molecule has 1 fully saturated rings. The van der Waals surface area contributed by atoms with Crippen LogP contribution >= 0.6 is 0 Å². The summed E-state index contributed by atoms with van der Waals surface area (Å²) in [5.74, 6) is 0.898. The van der Waals surface area contributed by atoms with Crippen molar-refractivity contribution in [2.45, 2.75) is 38.8 Å². The standard InChI is InChI=1S/C15H22N2O2/c1-2-11-7-8-16-13(9-11)15(19)17-10-12-5-3-4-6-14(12)18/h3-6,11,13,16,18H,2,7-10H2,1H3,(H,17,19). The number of piperidine rings is 1. The second kappa shape index (κ2) is 6.57. The Morgan fingerprint density at radius 1 is 1.47 bits per heavy atom. The largest absolute Gasteiger partial charge is 0.508 e. The van der Waals surface area contributed by atoms with Crippen LogP contribution in [0.1, 0.15) is 31.7 Å². The summed E-state index contributed by atoms with van der Waals surface area (Å²) in [7, 11) is 0. The highest BCUT2D eigenvalue weighted by atomic mass is 16.3. The molecular weight excluding hydrogens is 240 g/mol. The van der Waals surface area contributed by atoms with Crippen LogP contribution in [0.4, 0.5) is 0 Å². The van der Waals surface area contributed by atoms with Crippen molar-refractivity contribution in [1.29, 1.82) is 0 Å². The molecule has 0 aliphatic carbocycles. The highest BCUT2D eigenvalue weighted by Crippen LogP contribution is 2.20. The van der Waals surface area contributed by atoms with Gasteiger partial charge < -0.3 is 15.7 Å². The molecule has 2 unspecified atom stereocenters. The number of hydrogen-bond donors (Lipinski definition) is 3. The maximum absolute atomic E-state index is 12.1. The van der Waals surface area contributed by atoms with Gasteiger partial charge in [0.25, 0.3) is 0 Å². The Hall–Kier alpha value is -1.55. The molecule has 0 bridgehead atoms. The number of carbonyl (C=O) groups is 1. The summed E-state index contributed by atoms with van der Waals surface area (Å²) in [6, 6.07) is 6.98. The third kappa shape index (κ3) is 3.70. The fourth-order valence-electron chi connectivity index (χ4n) is 2.53. The first-order valence-electron chi connectivity index (χ1n) is 6.98. The summed E-state index contributed by atoms with van der Waals surface area (Å²) in [4.78, 5) is 12.1. The lowest BCUT2D eigenvalue weighted by molar-refractivity contribution is -0.124. The van der Waals surface area contributed by atoms with Crippen LogP contribution < -0.4 is 10.6 Å². The van der Waals surface area contributed by atoms with Crippen LogP contribution in [0.5, 0.6) is 5.75 Å². The number of phenolic OH excluding ortho intramolecular Hbond substituents is 1. The minimum Gasteiger partial charge on any atom is -0.508 e. The summed E-state index contributed by atoms with van der Waals surface area (Å²) >= 11 is 0. The molecule has 3 N–H and O–H groups in total. The average Bonchev–Trinajstić information content (AvgIpc) is 2.46. The average molecular weight is 262 g/mol. The Balaban J connectivity index is 1.86. The van der Waals surface area contributed by atoms with Gasteiger partial charge in [-0.05, 0) is 31.4 Å². The third-order valence-corrected chi connectivity index (χ3v) is 3.85. The maximum atomic E-state index is 12.1. The van der Waals surface area contributed by atoms with Crippen molar-refractivity contribution < 1.29 is 9.90 Å². The second-order valence-corrected chi connectivity index (χ2v) is 5.15. The van der Waals surface area contributed by atoms with E-state index in [2.05, 4.69) is 17.6 Å². The maximum Gasteiger partial charge on any atom is 0.237 e. The Bertz CT molecular complexity index is 434. The van der Waals surface area contributed by atoms with E-state index in [9.17, 15) is 9.90 Å². The summed E-state index contributed by atoms with van der Waals surface area (Å²) in [5.41, 5.74) is 0.749. The molecule has 1 aromatic rings. The minimum atomic E-state index is -0.0930. The summed E-state index contributed by atoms with van der Waals surface area (Å²) < 4.78 is 0. The molecule has 2 atom stereocenters. The molecule has 1 saturated heterocycles. The van der Waals surface area contributed by atoms with E-state index in [0.29, 0.717) is 12.5 Å². The number of nitrogens with one attached hydrogen (secondary N) is 2. The Morgan fingerprint density at radius 3 is 3.00 bits per heavy atom. The van der Waals surface area contributed by atoms with Crippen LogP contribution in [0.25, 0.3) is 0 Å². The van der Waals surface area contributed by atoms with Crippen molar-refractivity contribution in [3.05, 3.63) is 29.8 Å². The topological polar surface area (TPSA) is 61.4 Å². The molecule has 0 aromatic heterocycles. The van der Waals surface area contributed by atoms with E-state index >= 15 is 0 Å². The molecule has 2 rings (SSSR count). The molecule has 1 amide bonds.